The third-order valence-electron chi connectivity index (χ3n) is 3.54. The summed E-state index contributed by atoms with van der Waals surface area (Å²) in [5, 5.41) is 3.33. The van der Waals surface area contributed by atoms with Gasteiger partial charge in [0.1, 0.15) is 0 Å². The molecule has 1 atom stereocenters. The van der Waals surface area contributed by atoms with E-state index in [0.29, 0.717) is 5.92 Å². The Bertz CT molecular complexity index is 533. The molecular formula is C18H22IN. The van der Waals surface area contributed by atoms with E-state index in [2.05, 4.69) is 83.4 Å². The molecule has 0 radical (unpaired) electrons. The molecule has 0 fully saturated rings. The van der Waals surface area contributed by atoms with Crippen molar-refractivity contribution in [2.24, 2.45) is 5.92 Å². The summed E-state index contributed by atoms with van der Waals surface area (Å²) in [6.07, 6.45) is 2.26. The van der Waals surface area contributed by atoms with Gasteiger partial charge in [-0.15, -0.1) is 0 Å². The molecule has 0 aliphatic rings. The van der Waals surface area contributed by atoms with Crippen molar-refractivity contribution in [2.45, 2.75) is 19.8 Å². The van der Waals surface area contributed by atoms with Gasteiger partial charge in [-0.05, 0) is 85.1 Å². The SMILES string of the molecule is CNCC(Cc1ccc(I)cc1)Cc1cccc(C)c1. The molecule has 2 rings (SSSR count). The number of halogens is 1. The normalized spacial score (nSPS) is 12.3. The van der Waals surface area contributed by atoms with Crippen molar-refractivity contribution in [1.82, 2.24) is 5.32 Å². The minimum absolute atomic E-state index is 0.641. The second-order valence-corrected chi connectivity index (χ2v) is 6.69. The van der Waals surface area contributed by atoms with Gasteiger partial charge in [0.2, 0.25) is 0 Å². The fourth-order valence-corrected chi connectivity index (χ4v) is 2.99. The molecule has 0 saturated carbocycles. The molecular weight excluding hydrogens is 357 g/mol. The van der Waals surface area contributed by atoms with Crippen molar-refractivity contribution >= 4 is 22.6 Å². The Morgan fingerprint density at radius 3 is 2.35 bits per heavy atom. The lowest BCUT2D eigenvalue weighted by atomic mass is 9.92. The van der Waals surface area contributed by atoms with Gasteiger partial charge < -0.3 is 5.32 Å². The first-order valence-corrected chi connectivity index (χ1v) is 8.20. The first kappa shape index (κ1) is 15.5. The summed E-state index contributed by atoms with van der Waals surface area (Å²) in [6.45, 7) is 3.22. The molecule has 0 aliphatic heterocycles. The van der Waals surface area contributed by atoms with Crippen molar-refractivity contribution in [3.63, 3.8) is 0 Å². The summed E-state index contributed by atoms with van der Waals surface area (Å²) < 4.78 is 1.30. The largest absolute Gasteiger partial charge is 0.319 e. The zero-order valence-electron chi connectivity index (χ0n) is 12.2. The van der Waals surface area contributed by atoms with Crippen LogP contribution >= 0.6 is 22.6 Å². The third-order valence-corrected chi connectivity index (χ3v) is 4.26. The molecule has 0 amide bonds. The van der Waals surface area contributed by atoms with Crippen LogP contribution in [0.3, 0.4) is 0 Å². The van der Waals surface area contributed by atoms with Gasteiger partial charge >= 0.3 is 0 Å². The standard InChI is InChI=1S/C18H22IN/c1-14-4-3-5-16(10-14)12-17(13-20-2)11-15-6-8-18(19)9-7-15/h3-10,17,20H,11-13H2,1-2H3. The minimum atomic E-state index is 0.641. The van der Waals surface area contributed by atoms with Crippen LogP contribution in [0, 0.1) is 16.4 Å². The number of rotatable bonds is 6. The summed E-state index contributed by atoms with van der Waals surface area (Å²) >= 11 is 2.36. The maximum atomic E-state index is 3.33. The topological polar surface area (TPSA) is 12.0 Å². The zero-order chi connectivity index (χ0) is 14.4. The van der Waals surface area contributed by atoms with E-state index in [-0.39, 0.29) is 0 Å². The van der Waals surface area contributed by atoms with Crippen LogP contribution in [-0.2, 0) is 12.8 Å². The Kier molecular flexibility index (Phi) is 6.05. The number of nitrogens with one attached hydrogen (secondary N) is 1. The van der Waals surface area contributed by atoms with Crippen molar-refractivity contribution in [1.29, 1.82) is 0 Å². The van der Waals surface area contributed by atoms with Gasteiger partial charge in [0.05, 0.1) is 0 Å². The average Bonchev–Trinajstić information content (AvgIpc) is 2.42. The van der Waals surface area contributed by atoms with Crippen LogP contribution in [0.4, 0.5) is 0 Å². The van der Waals surface area contributed by atoms with Crippen LogP contribution in [-0.4, -0.2) is 13.6 Å². The van der Waals surface area contributed by atoms with Gasteiger partial charge in [-0.2, -0.15) is 0 Å². The molecule has 0 spiro atoms. The first-order valence-electron chi connectivity index (χ1n) is 7.12. The van der Waals surface area contributed by atoms with Gasteiger partial charge in [-0.25, -0.2) is 0 Å². The van der Waals surface area contributed by atoms with E-state index < -0.39 is 0 Å². The Hall–Kier alpha value is -0.870. The maximum absolute atomic E-state index is 3.33. The van der Waals surface area contributed by atoms with Gasteiger partial charge in [0.25, 0.3) is 0 Å². The molecule has 0 aliphatic carbocycles. The minimum Gasteiger partial charge on any atom is -0.319 e. The van der Waals surface area contributed by atoms with Crippen LogP contribution in [0.15, 0.2) is 48.5 Å². The predicted octanol–water partition coefficient (Wildman–Crippen LogP) is 4.22. The smallest absolute Gasteiger partial charge is 0.0130 e. The van der Waals surface area contributed by atoms with E-state index in [1.54, 1.807) is 0 Å². The summed E-state index contributed by atoms with van der Waals surface area (Å²) in [5.41, 5.74) is 4.22. The van der Waals surface area contributed by atoms with Crippen LogP contribution in [0.5, 0.6) is 0 Å². The van der Waals surface area contributed by atoms with Crippen LogP contribution in [0.25, 0.3) is 0 Å². The number of hydrogen-bond acceptors (Lipinski definition) is 1. The average molecular weight is 379 g/mol. The predicted molar refractivity (Wildman–Crippen MR) is 95.2 cm³/mol. The number of hydrogen-bond donors (Lipinski definition) is 1. The molecule has 106 valence electrons. The van der Waals surface area contributed by atoms with Crippen molar-refractivity contribution in [3.05, 3.63) is 68.8 Å². The quantitative estimate of drug-likeness (QED) is 0.742. The van der Waals surface area contributed by atoms with Gasteiger partial charge in [0.15, 0.2) is 0 Å². The summed E-state index contributed by atoms with van der Waals surface area (Å²) in [7, 11) is 2.04. The number of aryl methyl sites for hydroxylation is 1. The summed E-state index contributed by atoms with van der Waals surface area (Å²) in [6, 6.07) is 17.8. The molecule has 1 N–H and O–H groups in total. The van der Waals surface area contributed by atoms with Crippen molar-refractivity contribution in [3.8, 4) is 0 Å². The molecule has 0 bridgehead atoms. The first-order chi connectivity index (χ1) is 9.67. The molecule has 0 aromatic heterocycles. The lowest BCUT2D eigenvalue weighted by Gasteiger charge is -2.17. The van der Waals surface area contributed by atoms with Crippen molar-refractivity contribution in [2.75, 3.05) is 13.6 Å². The second kappa shape index (κ2) is 7.79. The second-order valence-electron chi connectivity index (χ2n) is 5.45. The summed E-state index contributed by atoms with van der Waals surface area (Å²) in [5.74, 6) is 0.641. The fourth-order valence-electron chi connectivity index (χ4n) is 2.63. The molecule has 2 heteroatoms. The van der Waals surface area contributed by atoms with E-state index >= 15 is 0 Å². The Balaban J connectivity index is 2.05. The monoisotopic (exact) mass is 379 g/mol. The van der Waals surface area contributed by atoms with Gasteiger partial charge in [-0.1, -0.05) is 42.0 Å². The van der Waals surface area contributed by atoms with Crippen LogP contribution in [0.2, 0.25) is 0 Å². The van der Waals surface area contributed by atoms with E-state index in [0.717, 1.165) is 19.4 Å². The highest BCUT2D eigenvalue weighted by atomic mass is 127. The molecule has 0 heterocycles. The molecule has 2 aromatic rings. The van der Waals surface area contributed by atoms with Gasteiger partial charge in [-0.3, -0.25) is 0 Å². The Morgan fingerprint density at radius 1 is 1.00 bits per heavy atom. The Morgan fingerprint density at radius 2 is 1.70 bits per heavy atom. The van der Waals surface area contributed by atoms with E-state index in [4.69, 9.17) is 0 Å². The van der Waals surface area contributed by atoms with Crippen molar-refractivity contribution < 1.29 is 0 Å². The lowest BCUT2D eigenvalue weighted by molar-refractivity contribution is 0.493. The third kappa shape index (κ3) is 4.91. The molecule has 1 nitrogen and oxygen atoms in total. The van der Waals surface area contributed by atoms with Gasteiger partial charge in [0, 0.05) is 3.57 Å². The van der Waals surface area contributed by atoms with E-state index in [1.165, 1.54) is 20.3 Å². The van der Waals surface area contributed by atoms with Crippen LogP contribution in [0.1, 0.15) is 16.7 Å². The molecule has 20 heavy (non-hydrogen) atoms. The molecule has 0 saturated heterocycles. The fraction of sp³-hybridized carbons (Fsp3) is 0.333. The zero-order valence-corrected chi connectivity index (χ0v) is 14.4. The highest BCUT2D eigenvalue weighted by Gasteiger charge is 2.10. The highest BCUT2D eigenvalue weighted by Crippen LogP contribution is 2.16. The summed E-state index contributed by atoms with van der Waals surface area (Å²) in [4.78, 5) is 0. The Labute approximate surface area is 135 Å². The molecule has 1 unspecified atom stereocenters. The number of benzene rings is 2. The lowest BCUT2D eigenvalue weighted by Crippen LogP contribution is -2.22. The van der Waals surface area contributed by atoms with E-state index in [1.807, 2.05) is 7.05 Å². The van der Waals surface area contributed by atoms with Crippen LogP contribution < -0.4 is 5.32 Å². The van der Waals surface area contributed by atoms with E-state index in [9.17, 15) is 0 Å². The highest BCUT2D eigenvalue weighted by molar-refractivity contribution is 14.1. The maximum Gasteiger partial charge on any atom is 0.0130 e. The molecule has 2 aromatic carbocycles.